The molecule has 0 N–H and O–H groups in total. The standard InChI is InChI=1S/C14H14BrNO3/c1-4-19-14(17)10-7-16-13-9(12(10)15)5-8(2)6-11(13)18-3/h5-7H,4H2,1-3H3. The van der Waals surface area contributed by atoms with Gasteiger partial charge in [-0.3, -0.25) is 4.98 Å². The van der Waals surface area contributed by atoms with E-state index in [0.717, 1.165) is 10.9 Å². The molecule has 4 nitrogen and oxygen atoms in total. The van der Waals surface area contributed by atoms with Crippen molar-refractivity contribution in [2.75, 3.05) is 13.7 Å². The molecule has 0 saturated carbocycles. The van der Waals surface area contributed by atoms with Crippen molar-refractivity contribution in [3.05, 3.63) is 33.9 Å². The first-order valence-electron chi connectivity index (χ1n) is 5.88. The molecule has 100 valence electrons. The average molecular weight is 324 g/mol. The normalized spacial score (nSPS) is 10.5. The Hall–Kier alpha value is -1.62. The van der Waals surface area contributed by atoms with Gasteiger partial charge < -0.3 is 9.47 Å². The Bertz CT molecular complexity index is 640. The fourth-order valence-corrected chi connectivity index (χ4v) is 2.45. The molecule has 0 saturated heterocycles. The zero-order valence-corrected chi connectivity index (χ0v) is 12.6. The first-order valence-corrected chi connectivity index (χ1v) is 6.67. The zero-order valence-electron chi connectivity index (χ0n) is 11.0. The molecule has 2 aromatic rings. The molecule has 0 aliphatic carbocycles. The van der Waals surface area contributed by atoms with Crippen LogP contribution in [-0.2, 0) is 4.74 Å². The number of ether oxygens (including phenoxy) is 2. The highest BCUT2D eigenvalue weighted by atomic mass is 79.9. The molecular weight excluding hydrogens is 310 g/mol. The Labute approximate surface area is 119 Å². The van der Waals surface area contributed by atoms with E-state index in [9.17, 15) is 4.79 Å². The lowest BCUT2D eigenvalue weighted by Crippen LogP contribution is -2.06. The molecule has 0 radical (unpaired) electrons. The summed E-state index contributed by atoms with van der Waals surface area (Å²) in [5.74, 6) is 0.301. The van der Waals surface area contributed by atoms with Gasteiger partial charge in [0.15, 0.2) is 0 Å². The molecule has 0 aliphatic heterocycles. The molecule has 2 rings (SSSR count). The number of fused-ring (bicyclic) bond motifs is 1. The van der Waals surface area contributed by atoms with Gasteiger partial charge in [-0.15, -0.1) is 0 Å². The fraction of sp³-hybridized carbons (Fsp3) is 0.286. The molecule has 5 heteroatoms. The van der Waals surface area contributed by atoms with Crippen molar-refractivity contribution in [1.29, 1.82) is 0 Å². The molecule has 1 heterocycles. The predicted octanol–water partition coefficient (Wildman–Crippen LogP) is 3.49. The van der Waals surface area contributed by atoms with Crippen molar-refractivity contribution >= 4 is 32.8 Å². The van der Waals surface area contributed by atoms with E-state index in [2.05, 4.69) is 20.9 Å². The molecule has 0 fully saturated rings. The van der Waals surface area contributed by atoms with Crippen LogP contribution in [0.5, 0.6) is 5.75 Å². The molecule has 0 atom stereocenters. The van der Waals surface area contributed by atoms with Gasteiger partial charge in [0.25, 0.3) is 0 Å². The van der Waals surface area contributed by atoms with E-state index in [4.69, 9.17) is 9.47 Å². The van der Waals surface area contributed by atoms with Crippen LogP contribution >= 0.6 is 15.9 Å². The van der Waals surface area contributed by atoms with E-state index in [1.54, 1.807) is 14.0 Å². The number of hydrogen-bond donors (Lipinski definition) is 0. The van der Waals surface area contributed by atoms with Gasteiger partial charge >= 0.3 is 5.97 Å². The van der Waals surface area contributed by atoms with Gasteiger partial charge in [0, 0.05) is 16.1 Å². The third kappa shape index (κ3) is 2.56. The lowest BCUT2D eigenvalue weighted by molar-refractivity contribution is 0.0525. The molecule has 0 amide bonds. The average Bonchev–Trinajstić information content (AvgIpc) is 2.39. The molecular formula is C14H14BrNO3. The second kappa shape index (κ2) is 5.57. The Morgan fingerprint density at radius 1 is 1.42 bits per heavy atom. The highest BCUT2D eigenvalue weighted by Gasteiger charge is 2.16. The number of aromatic nitrogens is 1. The van der Waals surface area contributed by atoms with E-state index in [1.165, 1.54) is 6.20 Å². The lowest BCUT2D eigenvalue weighted by atomic mass is 10.1. The molecule has 0 aliphatic rings. The maximum Gasteiger partial charge on any atom is 0.340 e. The van der Waals surface area contributed by atoms with Crippen LogP contribution in [0.4, 0.5) is 0 Å². The molecule has 0 bridgehead atoms. The zero-order chi connectivity index (χ0) is 14.0. The summed E-state index contributed by atoms with van der Waals surface area (Å²) >= 11 is 3.45. The summed E-state index contributed by atoms with van der Waals surface area (Å²) in [6.45, 7) is 4.07. The van der Waals surface area contributed by atoms with Crippen LogP contribution in [0.2, 0.25) is 0 Å². The minimum atomic E-state index is -0.385. The maximum atomic E-state index is 11.8. The summed E-state index contributed by atoms with van der Waals surface area (Å²) < 4.78 is 11.0. The molecule has 1 aromatic heterocycles. The Morgan fingerprint density at radius 2 is 2.16 bits per heavy atom. The van der Waals surface area contributed by atoms with Crippen molar-refractivity contribution < 1.29 is 14.3 Å². The quantitative estimate of drug-likeness (QED) is 0.811. The second-order valence-corrected chi connectivity index (χ2v) is 4.86. The van der Waals surface area contributed by atoms with Crippen LogP contribution < -0.4 is 4.74 Å². The van der Waals surface area contributed by atoms with E-state index >= 15 is 0 Å². The second-order valence-electron chi connectivity index (χ2n) is 4.07. The molecule has 1 aromatic carbocycles. The molecule has 0 unspecified atom stereocenters. The van der Waals surface area contributed by atoms with Crippen LogP contribution in [0.25, 0.3) is 10.9 Å². The largest absolute Gasteiger partial charge is 0.494 e. The molecule has 19 heavy (non-hydrogen) atoms. The first-order chi connectivity index (χ1) is 9.08. The van der Waals surface area contributed by atoms with Gasteiger partial charge in [0.1, 0.15) is 11.3 Å². The van der Waals surface area contributed by atoms with Crippen molar-refractivity contribution in [1.82, 2.24) is 4.98 Å². The van der Waals surface area contributed by atoms with E-state index in [1.807, 2.05) is 19.1 Å². The molecule has 0 spiro atoms. The number of benzene rings is 1. The summed E-state index contributed by atoms with van der Waals surface area (Å²) in [6.07, 6.45) is 1.50. The Balaban J connectivity index is 2.68. The third-order valence-electron chi connectivity index (χ3n) is 2.73. The number of carbonyl (C=O) groups excluding carboxylic acids is 1. The van der Waals surface area contributed by atoms with Gasteiger partial charge in [-0.2, -0.15) is 0 Å². The minimum Gasteiger partial charge on any atom is -0.494 e. The van der Waals surface area contributed by atoms with Gasteiger partial charge in [-0.25, -0.2) is 4.79 Å². The highest BCUT2D eigenvalue weighted by molar-refractivity contribution is 9.10. The number of hydrogen-bond acceptors (Lipinski definition) is 4. The highest BCUT2D eigenvalue weighted by Crippen LogP contribution is 2.33. The number of pyridine rings is 1. The number of methoxy groups -OCH3 is 1. The smallest absolute Gasteiger partial charge is 0.340 e. The van der Waals surface area contributed by atoms with E-state index in [0.29, 0.717) is 27.9 Å². The summed E-state index contributed by atoms with van der Waals surface area (Å²) in [7, 11) is 1.60. The first kappa shape index (κ1) is 13.8. The van der Waals surface area contributed by atoms with Crippen molar-refractivity contribution in [3.8, 4) is 5.75 Å². The van der Waals surface area contributed by atoms with E-state index < -0.39 is 0 Å². The number of halogens is 1. The number of nitrogens with zero attached hydrogens (tertiary/aromatic N) is 1. The SMILES string of the molecule is CCOC(=O)c1cnc2c(OC)cc(C)cc2c1Br. The maximum absolute atomic E-state index is 11.8. The van der Waals surface area contributed by atoms with Crippen LogP contribution in [0.1, 0.15) is 22.8 Å². The Morgan fingerprint density at radius 3 is 2.79 bits per heavy atom. The van der Waals surface area contributed by atoms with Gasteiger partial charge in [0.2, 0.25) is 0 Å². The number of aryl methyl sites for hydroxylation is 1. The summed E-state index contributed by atoms with van der Waals surface area (Å²) in [4.78, 5) is 16.1. The van der Waals surface area contributed by atoms with Crippen LogP contribution in [0.15, 0.2) is 22.8 Å². The van der Waals surface area contributed by atoms with Crippen molar-refractivity contribution in [2.24, 2.45) is 0 Å². The summed E-state index contributed by atoms with van der Waals surface area (Å²) in [6, 6.07) is 3.86. The topological polar surface area (TPSA) is 48.4 Å². The van der Waals surface area contributed by atoms with Crippen LogP contribution in [0, 0.1) is 6.92 Å². The van der Waals surface area contributed by atoms with Crippen LogP contribution in [-0.4, -0.2) is 24.7 Å². The number of rotatable bonds is 3. The number of esters is 1. The van der Waals surface area contributed by atoms with Gasteiger partial charge in [-0.1, -0.05) is 0 Å². The van der Waals surface area contributed by atoms with E-state index in [-0.39, 0.29) is 5.97 Å². The third-order valence-corrected chi connectivity index (χ3v) is 3.58. The van der Waals surface area contributed by atoms with Crippen molar-refractivity contribution in [2.45, 2.75) is 13.8 Å². The predicted molar refractivity (Wildman–Crippen MR) is 76.7 cm³/mol. The van der Waals surface area contributed by atoms with Gasteiger partial charge in [0.05, 0.1) is 19.3 Å². The minimum absolute atomic E-state index is 0.334. The summed E-state index contributed by atoms with van der Waals surface area (Å²) in [5, 5.41) is 0.836. The van der Waals surface area contributed by atoms with Crippen LogP contribution in [0.3, 0.4) is 0 Å². The number of carbonyl (C=O) groups is 1. The monoisotopic (exact) mass is 323 g/mol. The summed E-state index contributed by atoms with van der Waals surface area (Å²) in [5.41, 5.74) is 2.17. The lowest BCUT2D eigenvalue weighted by Gasteiger charge is -2.10. The fourth-order valence-electron chi connectivity index (χ4n) is 1.88. The Kier molecular flexibility index (Phi) is 4.04. The van der Waals surface area contributed by atoms with Gasteiger partial charge in [-0.05, 0) is 47.5 Å². The van der Waals surface area contributed by atoms with Crippen molar-refractivity contribution in [3.63, 3.8) is 0 Å².